The topological polar surface area (TPSA) is 34.1 Å². The molecule has 0 aliphatic heterocycles. The van der Waals surface area contributed by atoms with Crippen LogP contribution in [0.25, 0.3) is 0 Å². The molecule has 0 spiro atoms. The number of alkyl halides is 1. The Morgan fingerprint density at radius 3 is 2.40 bits per heavy atom. The molecule has 0 fully saturated rings. The van der Waals surface area contributed by atoms with E-state index in [0.717, 1.165) is 4.47 Å². The monoisotopic (exact) mass is 352 g/mol. The average molecular weight is 354 g/mol. The molecule has 0 aliphatic rings. The first-order valence-corrected chi connectivity index (χ1v) is 6.20. The molecule has 0 radical (unpaired) electrons. The normalized spacial score (nSPS) is 12.3. The summed E-state index contributed by atoms with van der Waals surface area (Å²) in [7, 11) is 0. The van der Waals surface area contributed by atoms with Crippen LogP contribution in [0.3, 0.4) is 0 Å². The second-order valence-electron chi connectivity index (χ2n) is 2.94. The van der Waals surface area contributed by atoms with Crippen molar-refractivity contribution in [2.45, 2.75) is 11.8 Å². The van der Waals surface area contributed by atoms with Gasteiger partial charge in [0, 0.05) is 15.6 Å². The highest BCUT2D eigenvalue weighted by molar-refractivity contribution is 9.10. The Kier molecular flexibility index (Phi) is 4.49. The van der Waals surface area contributed by atoms with Gasteiger partial charge in [0.1, 0.15) is 0 Å². The van der Waals surface area contributed by atoms with Crippen molar-refractivity contribution in [3.8, 4) is 0 Å². The molecule has 0 amide bonds. The van der Waals surface area contributed by atoms with Gasteiger partial charge in [-0.25, -0.2) is 0 Å². The lowest BCUT2D eigenvalue weighted by molar-refractivity contribution is 0.0985. The van der Waals surface area contributed by atoms with Crippen LogP contribution in [0.1, 0.15) is 27.6 Å². The molecule has 0 saturated carbocycles. The minimum atomic E-state index is -0.626. The summed E-state index contributed by atoms with van der Waals surface area (Å²) in [5, 5.41) is -0.626. The molecule has 0 aromatic heterocycles. The Bertz CT molecular complexity index is 416. The molecule has 0 bridgehead atoms. The van der Waals surface area contributed by atoms with Crippen LogP contribution in [0.4, 0.5) is 0 Å². The van der Waals surface area contributed by atoms with Gasteiger partial charge in [0.25, 0.3) is 5.24 Å². The van der Waals surface area contributed by atoms with E-state index in [9.17, 15) is 9.59 Å². The van der Waals surface area contributed by atoms with E-state index in [1.165, 1.54) is 6.07 Å². The largest absolute Gasteiger partial charge is 0.293 e. The Hall–Kier alpha value is -0.190. The Labute approximate surface area is 109 Å². The van der Waals surface area contributed by atoms with Crippen molar-refractivity contribution < 1.29 is 9.59 Å². The minimum Gasteiger partial charge on any atom is -0.293 e. The summed E-state index contributed by atoms with van der Waals surface area (Å²) in [6.45, 7) is 1.70. The molecule has 1 aromatic rings. The van der Waals surface area contributed by atoms with E-state index in [-0.39, 0.29) is 16.2 Å². The second kappa shape index (κ2) is 5.23. The van der Waals surface area contributed by atoms with Crippen molar-refractivity contribution in [2.24, 2.45) is 0 Å². The van der Waals surface area contributed by atoms with Crippen LogP contribution in [-0.2, 0) is 0 Å². The molecule has 0 aliphatic carbocycles. The van der Waals surface area contributed by atoms with Gasteiger partial charge in [-0.3, -0.25) is 9.59 Å². The van der Waals surface area contributed by atoms with E-state index in [0.29, 0.717) is 5.56 Å². The zero-order chi connectivity index (χ0) is 11.6. The molecule has 1 rings (SSSR count). The molecule has 1 aromatic carbocycles. The summed E-state index contributed by atoms with van der Waals surface area (Å²) in [6, 6.07) is 4.79. The molecule has 15 heavy (non-hydrogen) atoms. The van der Waals surface area contributed by atoms with Crippen LogP contribution in [0.5, 0.6) is 0 Å². The number of rotatable bonds is 3. The molecule has 5 heteroatoms. The zero-order valence-electron chi connectivity index (χ0n) is 7.76. The molecule has 0 N–H and O–H groups in total. The quantitative estimate of drug-likeness (QED) is 0.470. The van der Waals surface area contributed by atoms with Crippen molar-refractivity contribution in [1.82, 2.24) is 0 Å². The highest BCUT2D eigenvalue weighted by Crippen LogP contribution is 2.21. The van der Waals surface area contributed by atoms with Crippen molar-refractivity contribution in [2.75, 3.05) is 0 Å². The first-order chi connectivity index (χ1) is 6.93. The van der Waals surface area contributed by atoms with Gasteiger partial charge in [0.05, 0.1) is 4.83 Å². The average Bonchev–Trinajstić information content (AvgIpc) is 2.15. The van der Waals surface area contributed by atoms with Gasteiger partial charge in [-0.1, -0.05) is 31.9 Å². The summed E-state index contributed by atoms with van der Waals surface area (Å²) in [5.41, 5.74) is 0.560. The second-order valence-corrected chi connectivity index (χ2v) is 5.58. The van der Waals surface area contributed by atoms with Crippen molar-refractivity contribution in [3.05, 3.63) is 33.8 Å². The molecule has 1 atom stereocenters. The van der Waals surface area contributed by atoms with Gasteiger partial charge in [-0.15, -0.1) is 0 Å². The fraction of sp³-hybridized carbons (Fsp3) is 0.200. The van der Waals surface area contributed by atoms with E-state index in [1.54, 1.807) is 19.1 Å². The summed E-state index contributed by atoms with van der Waals surface area (Å²) in [5.74, 6) is -0.166. The SMILES string of the molecule is CC(Br)C(=O)c1cc(Br)ccc1C(=O)Cl. The standard InChI is InChI=1S/C10H7Br2ClO2/c1-5(11)9(14)8-4-6(12)2-3-7(8)10(13)15/h2-5H,1H3. The number of carbonyl (C=O) groups excluding carboxylic acids is 2. The van der Waals surface area contributed by atoms with Crippen molar-refractivity contribution >= 4 is 54.5 Å². The molecule has 2 nitrogen and oxygen atoms in total. The lowest BCUT2D eigenvalue weighted by Gasteiger charge is -2.07. The number of benzene rings is 1. The molecular formula is C10H7Br2ClO2. The number of hydrogen-bond acceptors (Lipinski definition) is 2. The third kappa shape index (κ3) is 3.13. The number of ketones is 1. The fourth-order valence-electron chi connectivity index (χ4n) is 1.11. The third-order valence-electron chi connectivity index (χ3n) is 1.82. The summed E-state index contributed by atoms with van der Waals surface area (Å²) >= 11 is 11.8. The number of hydrogen-bond donors (Lipinski definition) is 0. The van der Waals surface area contributed by atoms with E-state index >= 15 is 0 Å². The fourth-order valence-corrected chi connectivity index (χ4v) is 1.88. The summed E-state index contributed by atoms with van der Waals surface area (Å²) in [4.78, 5) is 22.5. The van der Waals surface area contributed by atoms with Gasteiger partial charge in [-0.2, -0.15) is 0 Å². The maximum absolute atomic E-state index is 11.7. The van der Waals surface area contributed by atoms with Crippen LogP contribution in [0, 0.1) is 0 Å². The number of Topliss-reactive ketones (excluding diaryl/α,β-unsaturated/α-hetero) is 1. The Morgan fingerprint density at radius 2 is 1.93 bits per heavy atom. The molecule has 0 saturated heterocycles. The molecule has 0 heterocycles. The maximum Gasteiger partial charge on any atom is 0.253 e. The Morgan fingerprint density at radius 1 is 1.33 bits per heavy atom. The van der Waals surface area contributed by atoms with Gasteiger partial charge < -0.3 is 0 Å². The predicted octanol–water partition coefficient (Wildman–Crippen LogP) is 3.79. The van der Waals surface area contributed by atoms with E-state index in [4.69, 9.17) is 11.6 Å². The van der Waals surface area contributed by atoms with Gasteiger partial charge in [0.15, 0.2) is 5.78 Å². The van der Waals surface area contributed by atoms with Gasteiger partial charge in [0.2, 0.25) is 0 Å². The van der Waals surface area contributed by atoms with Crippen LogP contribution >= 0.6 is 43.5 Å². The lowest BCUT2D eigenvalue weighted by Crippen LogP contribution is -2.13. The van der Waals surface area contributed by atoms with Crippen LogP contribution < -0.4 is 0 Å². The third-order valence-corrected chi connectivity index (χ3v) is 2.93. The predicted molar refractivity (Wildman–Crippen MR) is 67.0 cm³/mol. The lowest BCUT2D eigenvalue weighted by atomic mass is 10.0. The number of halogens is 3. The molecular weight excluding hydrogens is 347 g/mol. The van der Waals surface area contributed by atoms with Crippen molar-refractivity contribution in [3.63, 3.8) is 0 Å². The van der Waals surface area contributed by atoms with Crippen molar-refractivity contribution in [1.29, 1.82) is 0 Å². The van der Waals surface area contributed by atoms with Crippen LogP contribution in [0.2, 0.25) is 0 Å². The highest BCUT2D eigenvalue weighted by Gasteiger charge is 2.19. The highest BCUT2D eigenvalue weighted by atomic mass is 79.9. The summed E-state index contributed by atoms with van der Waals surface area (Å²) in [6.07, 6.45) is 0. The van der Waals surface area contributed by atoms with E-state index < -0.39 is 5.24 Å². The molecule has 80 valence electrons. The maximum atomic E-state index is 11.7. The Balaban J connectivity index is 3.30. The van der Waals surface area contributed by atoms with E-state index in [2.05, 4.69) is 31.9 Å². The smallest absolute Gasteiger partial charge is 0.253 e. The minimum absolute atomic E-state index is 0.166. The van der Waals surface area contributed by atoms with Crippen LogP contribution in [0.15, 0.2) is 22.7 Å². The number of carbonyl (C=O) groups is 2. The molecule has 1 unspecified atom stereocenters. The van der Waals surface area contributed by atoms with Gasteiger partial charge >= 0.3 is 0 Å². The summed E-state index contributed by atoms with van der Waals surface area (Å²) < 4.78 is 0.737. The van der Waals surface area contributed by atoms with E-state index in [1.807, 2.05) is 0 Å². The van der Waals surface area contributed by atoms with Crippen LogP contribution in [-0.4, -0.2) is 15.9 Å². The zero-order valence-corrected chi connectivity index (χ0v) is 11.7. The first-order valence-electron chi connectivity index (χ1n) is 4.11. The van der Waals surface area contributed by atoms with Gasteiger partial charge in [-0.05, 0) is 36.7 Å². The first kappa shape index (κ1) is 12.9.